The molecule has 0 fully saturated rings. The van der Waals surface area contributed by atoms with Gasteiger partial charge in [-0.2, -0.15) is 5.10 Å². The van der Waals surface area contributed by atoms with Crippen LogP contribution in [-0.4, -0.2) is 14.8 Å². The van der Waals surface area contributed by atoms with Crippen molar-refractivity contribution in [3.8, 4) is 5.82 Å². The van der Waals surface area contributed by atoms with Gasteiger partial charge in [-0.15, -0.1) is 0 Å². The Morgan fingerprint density at radius 3 is 2.68 bits per heavy atom. The Balaban J connectivity index is 1.84. The minimum Gasteiger partial charge on any atom is -0.237 e. The van der Waals surface area contributed by atoms with Crippen LogP contribution in [0.1, 0.15) is 16.8 Å². The van der Waals surface area contributed by atoms with Crippen molar-refractivity contribution in [2.24, 2.45) is 0 Å². The zero-order valence-corrected chi connectivity index (χ0v) is 10.8. The van der Waals surface area contributed by atoms with Crippen molar-refractivity contribution in [1.29, 1.82) is 0 Å². The van der Waals surface area contributed by atoms with Crippen LogP contribution in [0, 0.1) is 6.92 Å². The van der Waals surface area contributed by atoms with Gasteiger partial charge >= 0.3 is 0 Å². The van der Waals surface area contributed by atoms with E-state index in [2.05, 4.69) is 41.3 Å². The number of pyridine rings is 1. The van der Waals surface area contributed by atoms with Crippen LogP contribution in [0.15, 0.2) is 60.9 Å². The Morgan fingerprint density at radius 1 is 1.05 bits per heavy atom. The molecule has 0 saturated carbocycles. The average molecular weight is 249 g/mol. The lowest BCUT2D eigenvalue weighted by Crippen LogP contribution is -1.99. The molecule has 0 amide bonds. The highest BCUT2D eigenvalue weighted by Crippen LogP contribution is 2.10. The van der Waals surface area contributed by atoms with Gasteiger partial charge in [-0.3, -0.25) is 0 Å². The highest BCUT2D eigenvalue weighted by atomic mass is 15.3. The van der Waals surface area contributed by atoms with E-state index in [1.807, 2.05) is 41.3 Å². The SMILES string of the molecule is Cc1ccnc(-n2ccc(Cc3ccccc3)n2)c1. The second-order valence-corrected chi connectivity index (χ2v) is 4.61. The van der Waals surface area contributed by atoms with Crippen molar-refractivity contribution in [1.82, 2.24) is 14.8 Å². The van der Waals surface area contributed by atoms with Gasteiger partial charge in [0.15, 0.2) is 5.82 Å². The zero-order chi connectivity index (χ0) is 13.1. The van der Waals surface area contributed by atoms with Gasteiger partial charge in [-0.05, 0) is 36.2 Å². The van der Waals surface area contributed by atoms with E-state index >= 15 is 0 Å². The van der Waals surface area contributed by atoms with E-state index in [-0.39, 0.29) is 0 Å². The molecule has 0 bridgehead atoms. The van der Waals surface area contributed by atoms with Gasteiger partial charge in [0, 0.05) is 18.8 Å². The first-order valence-corrected chi connectivity index (χ1v) is 6.33. The maximum atomic E-state index is 4.57. The van der Waals surface area contributed by atoms with E-state index in [0.29, 0.717) is 0 Å². The van der Waals surface area contributed by atoms with Crippen molar-refractivity contribution in [2.45, 2.75) is 13.3 Å². The van der Waals surface area contributed by atoms with Gasteiger partial charge < -0.3 is 0 Å². The summed E-state index contributed by atoms with van der Waals surface area (Å²) in [5.41, 5.74) is 3.50. The predicted octanol–water partition coefficient (Wildman–Crippen LogP) is 3.17. The summed E-state index contributed by atoms with van der Waals surface area (Å²) in [7, 11) is 0. The standard InChI is InChI=1S/C16H15N3/c1-13-7-9-17-16(11-13)19-10-8-15(18-19)12-14-5-3-2-4-6-14/h2-11H,12H2,1H3. The Morgan fingerprint density at radius 2 is 1.89 bits per heavy atom. The third-order valence-corrected chi connectivity index (χ3v) is 3.01. The molecule has 2 aromatic heterocycles. The molecule has 0 N–H and O–H groups in total. The molecule has 3 nitrogen and oxygen atoms in total. The van der Waals surface area contributed by atoms with Gasteiger partial charge in [-0.25, -0.2) is 9.67 Å². The topological polar surface area (TPSA) is 30.7 Å². The van der Waals surface area contributed by atoms with Crippen LogP contribution >= 0.6 is 0 Å². The first-order valence-electron chi connectivity index (χ1n) is 6.33. The molecular weight excluding hydrogens is 234 g/mol. The van der Waals surface area contributed by atoms with Crippen molar-refractivity contribution < 1.29 is 0 Å². The molecule has 3 aromatic rings. The molecule has 94 valence electrons. The second kappa shape index (κ2) is 5.06. The van der Waals surface area contributed by atoms with E-state index < -0.39 is 0 Å². The number of aryl methyl sites for hydroxylation is 1. The van der Waals surface area contributed by atoms with Crippen LogP contribution in [0.2, 0.25) is 0 Å². The molecule has 3 heteroatoms. The zero-order valence-electron chi connectivity index (χ0n) is 10.8. The summed E-state index contributed by atoms with van der Waals surface area (Å²) >= 11 is 0. The van der Waals surface area contributed by atoms with E-state index in [4.69, 9.17) is 0 Å². The van der Waals surface area contributed by atoms with Crippen LogP contribution in [0.5, 0.6) is 0 Å². The summed E-state index contributed by atoms with van der Waals surface area (Å²) in [6.07, 6.45) is 4.61. The first-order chi connectivity index (χ1) is 9.31. The number of aromatic nitrogens is 3. The van der Waals surface area contributed by atoms with Crippen LogP contribution in [0.3, 0.4) is 0 Å². The van der Waals surface area contributed by atoms with E-state index in [1.54, 1.807) is 0 Å². The van der Waals surface area contributed by atoms with Gasteiger partial charge in [-0.1, -0.05) is 30.3 Å². The highest BCUT2D eigenvalue weighted by molar-refractivity contribution is 5.27. The van der Waals surface area contributed by atoms with Crippen molar-refractivity contribution in [2.75, 3.05) is 0 Å². The van der Waals surface area contributed by atoms with E-state index in [9.17, 15) is 0 Å². The molecular formula is C16H15N3. The van der Waals surface area contributed by atoms with Crippen LogP contribution in [-0.2, 0) is 6.42 Å². The van der Waals surface area contributed by atoms with Gasteiger partial charge in [0.05, 0.1) is 5.69 Å². The number of rotatable bonds is 3. The van der Waals surface area contributed by atoms with Crippen LogP contribution < -0.4 is 0 Å². The maximum absolute atomic E-state index is 4.57. The fourth-order valence-electron chi connectivity index (χ4n) is 2.03. The summed E-state index contributed by atoms with van der Waals surface area (Å²) in [6, 6.07) is 16.4. The fraction of sp³-hybridized carbons (Fsp3) is 0.125. The van der Waals surface area contributed by atoms with Crippen LogP contribution in [0.25, 0.3) is 5.82 Å². The van der Waals surface area contributed by atoms with Crippen molar-refractivity contribution in [3.63, 3.8) is 0 Å². The molecule has 0 unspecified atom stereocenters. The van der Waals surface area contributed by atoms with Gasteiger partial charge in [0.25, 0.3) is 0 Å². The normalized spacial score (nSPS) is 10.6. The molecule has 0 saturated heterocycles. The summed E-state index contributed by atoms with van der Waals surface area (Å²) in [4.78, 5) is 4.33. The summed E-state index contributed by atoms with van der Waals surface area (Å²) in [5.74, 6) is 0.860. The molecule has 19 heavy (non-hydrogen) atoms. The number of nitrogens with zero attached hydrogens (tertiary/aromatic N) is 3. The number of benzene rings is 1. The highest BCUT2D eigenvalue weighted by Gasteiger charge is 2.03. The first kappa shape index (κ1) is 11.7. The average Bonchev–Trinajstić information content (AvgIpc) is 2.88. The molecule has 0 aliphatic heterocycles. The maximum Gasteiger partial charge on any atom is 0.153 e. The van der Waals surface area contributed by atoms with Crippen molar-refractivity contribution >= 4 is 0 Å². The monoisotopic (exact) mass is 249 g/mol. The minimum absolute atomic E-state index is 0.847. The molecule has 0 radical (unpaired) electrons. The lowest BCUT2D eigenvalue weighted by atomic mass is 10.1. The molecule has 0 spiro atoms. The molecule has 2 heterocycles. The van der Waals surface area contributed by atoms with E-state index in [0.717, 1.165) is 17.9 Å². The lowest BCUT2D eigenvalue weighted by Gasteiger charge is -2.01. The van der Waals surface area contributed by atoms with E-state index in [1.165, 1.54) is 11.1 Å². The summed E-state index contributed by atoms with van der Waals surface area (Å²) in [5, 5.41) is 4.57. The van der Waals surface area contributed by atoms with Gasteiger partial charge in [0.1, 0.15) is 0 Å². The fourth-order valence-corrected chi connectivity index (χ4v) is 2.03. The molecule has 0 aliphatic carbocycles. The second-order valence-electron chi connectivity index (χ2n) is 4.61. The van der Waals surface area contributed by atoms with Crippen LogP contribution in [0.4, 0.5) is 0 Å². The largest absolute Gasteiger partial charge is 0.237 e. The number of hydrogen-bond acceptors (Lipinski definition) is 2. The Bertz CT molecular complexity index is 671. The minimum atomic E-state index is 0.847. The Kier molecular flexibility index (Phi) is 3.11. The Hall–Kier alpha value is -2.42. The summed E-state index contributed by atoms with van der Waals surface area (Å²) < 4.78 is 1.82. The smallest absolute Gasteiger partial charge is 0.153 e. The Labute approximate surface area is 112 Å². The number of hydrogen-bond donors (Lipinski definition) is 0. The molecule has 0 aliphatic rings. The quantitative estimate of drug-likeness (QED) is 0.713. The third-order valence-electron chi connectivity index (χ3n) is 3.01. The third kappa shape index (κ3) is 2.71. The lowest BCUT2D eigenvalue weighted by molar-refractivity contribution is 0.820. The molecule has 3 rings (SSSR count). The van der Waals surface area contributed by atoms with Gasteiger partial charge in [0.2, 0.25) is 0 Å². The molecule has 0 atom stereocenters. The predicted molar refractivity (Wildman–Crippen MR) is 75.3 cm³/mol. The van der Waals surface area contributed by atoms with Crippen molar-refractivity contribution in [3.05, 3.63) is 77.7 Å². The summed E-state index contributed by atoms with van der Waals surface area (Å²) in [6.45, 7) is 2.06. The molecule has 1 aromatic carbocycles.